The average molecular weight is 392 g/mol. The molecule has 1 aliphatic rings. The summed E-state index contributed by atoms with van der Waals surface area (Å²) in [4.78, 5) is 12.4. The molecule has 2 aromatic heterocycles. The van der Waals surface area contributed by atoms with Crippen molar-refractivity contribution < 1.29 is 0 Å². The highest BCUT2D eigenvalue weighted by molar-refractivity contribution is 7.19. The SMILES string of the molecule is Clc1cccc(Nc2nc(Cc3ccccc3)nc3sc4c(c23)CCC4)c1. The molecule has 5 heteroatoms. The topological polar surface area (TPSA) is 37.8 Å². The van der Waals surface area contributed by atoms with Gasteiger partial charge in [0.1, 0.15) is 16.5 Å². The third-order valence-corrected chi connectivity index (χ3v) is 6.32. The molecule has 1 aliphatic carbocycles. The number of anilines is 2. The standard InChI is InChI=1S/C22H18ClN3S/c23-15-8-4-9-16(13-15)24-21-20-17-10-5-11-18(17)27-22(20)26-19(25-21)12-14-6-2-1-3-7-14/h1-4,6-9,13H,5,10-12H2,(H,24,25,26). The highest BCUT2D eigenvalue weighted by Gasteiger charge is 2.22. The summed E-state index contributed by atoms with van der Waals surface area (Å²) in [5.74, 6) is 1.74. The summed E-state index contributed by atoms with van der Waals surface area (Å²) < 4.78 is 0. The van der Waals surface area contributed by atoms with Crippen LogP contribution in [0.2, 0.25) is 5.02 Å². The number of benzene rings is 2. The van der Waals surface area contributed by atoms with Crippen molar-refractivity contribution in [2.45, 2.75) is 25.7 Å². The molecule has 0 aliphatic heterocycles. The van der Waals surface area contributed by atoms with E-state index in [9.17, 15) is 0 Å². The molecule has 5 rings (SSSR count). The number of hydrogen-bond donors (Lipinski definition) is 1. The van der Waals surface area contributed by atoms with Crippen LogP contribution in [0.1, 0.15) is 28.2 Å². The summed E-state index contributed by atoms with van der Waals surface area (Å²) >= 11 is 7.99. The van der Waals surface area contributed by atoms with Crippen molar-refractivity contribution in [3.63, 3.8) is 0 Å². The Morgan fingerprint density at radius 3 is 2.74 bits per heavy atom. The largest absolute Gasteiger partial charge is 0.340 e. The average Bonchev–Trinajstić information content (AvgIpc) is 3.23. The summed E-state index contributed by atoms with van der Waals surface area (Å²) in [6, 6.07) is 18.2. The van der Waals surface area contributed by atoms with Crippen LogP contribution in [-0.2, 0) is 19.3 Å². The zero-order chi connectivity index (χ0) is 18.2. The molecule has 0 amide bonds. The Balaban J connectivity index is 1.61. The first-order chi connectivity index (χ1) is 13.3. The first kappa shape index (κ1) is 16.7. The normalized spacial score (nSPS) is 13.1. The zero-order valence-electron chi connectivity index (χ0n) is 14.7. The van der Waals surface area contributed by atoms with E-state index in [2.05, 4.69) is 29.6 Å². The van der Waals surface area contributed by atoms with Crippen molar-refractivity contribution in [2.24, 2.45) is 0 Å². The lowest BCUT2D eigenvalue weighted by atomic mass is 10.1. The smallest absolute Gasteiger partial charge is 0.143 e. The third-order valence-electron chi connectivity index (χ3n) is 4.90. The monoisotopic (exact) mass is 391 g/mol. The molecule has 4 aromatic rings. The Bertz CT molecular complexity index is 1120. The second-order valence-corrected chi connectivity index (χ2v) is 8.34. The summed E-state index contributed by atoms with van der Waals surface area (Å²) in [7, 11) is 0. The number of aryl methyl sites for hydroxylation is 2. The number of rotatable bonds is 4. The first-order valence-electron chi connectivity index (χ1n) is 9.14. The Morgan fingerprint density at radius 2 is 1.89 bits per heavy atom. The van der Waals surface area contributed by atoms with Crippen LogP contribution in [-0.4, -0.2) is 9.97 Å². The van der Waals surface area contributed by atoms with Gasteiger partial charge in [-0.2, -0.15) is 0 Å². The van der Waals surface area contributed by atoms with E-state index in [0.29, 0.717) is 5.02 Å². The molecular weight excluding hydrogens is 374 g/mol. The van der Waals surface area contributed by atoms with Gasteiger partial charge in [0.2, 0.25) is 0 Å². The first-order valence-corrected chi connectivity index (χ1v) is 10.3. The van der Waals surface area contributed by atoms with Gasteiger partial charge in [0, 0.05) is 22.0 Å². The highest BCUT2D eigenvalue weighted by Crippen LogP contribution is 2.40. The minimum atomic E-state index is 0.713. The zero-order valence-corrected chi connectivity index (χ0v) is 16.3. The number of nitrogens with zero attached hydrogens (tertiary/aromatic N) is 2. The summed E-state index contributed by atoms with van der Waals surface area (Å²) in [5.41, 5.74) is 3.59. The van der Waals surface area contributed by atoms with Gasteiger partial charge in [-0.15, -0.1) is 11.3 Å². The lowest BCUT2D eigenvalue weighted by Gasteiger charge is -2.11. The van der Waals surface area contributed by atoms with Gasteiger partial charge < -0.3 is 5.32 Å². The maximum absolute atomic E-state index is 6.17. The Morgan fingerprint density at radius 1 is 1.00 bits per heavy atom. The molecule has 3 nitrogen and oxygen atoms in total. The fourth-order valence-electron chi connectivity index (χ4n) is 3.69. The van der Waals surface area contributed by atoms with Crippen molar-refractivity contribution in [3.8, 4) is 0 Å². The molecule has 0 fully saturated rings. The summed E-state index contributed by atoms with van der Waals surface area (Å²) in [5, 5.41) is 5.40. The molecule has 0 saturated heterocycles. The number of halogens is 1. The minimum absolute atomic E-state index is 0.713. The van der Waals surface area contributed by atoms with Crippen LogP contribution >= 0.6 is 22.9 Å². The molecule has 0 bridgehead atoms. The van der Waals surface area contributed by atoms with E-state index in [-0.39, 0.29) is 0 Å². The van der Waals surface area contributed by atoms with Gasteiger partial charge in [-0.3, -0.25) is 0 Å². The predicted octanol–water partition coefficient (Wildman–Crippen LogP) is 6.17. The lowest BCUT2D eigenvalue weighted by Crippen LogP contribution is -2.02. The number of aromatic nitrogens is 2. The fourth-order valence-corrected chi connectivity index (χ4v) is 5.16. The van der Waals surface area contributed by atoms with E-state index >= 15 is 0 Å². The van der Waals surface area contributed by atoms with Gasteiger partial charge in [-0.1, -0.05) is 48.0 Å². The van der Waals surface area contributed by atoms with Crippen LogP contribution in [0, 0.1) is 0 Å². The van der Waals surface area contributed by atoms with Gasteiger partial charge in [0.15, 0.2) is 0 Å². The van der Waals surface area contributed by atoms with Crippen LogP contribution in [0.5, 0.6) is 0 Å². The fraction of sp³-hybridized carbons (Fsp3) is 0.182. The van der Waals surface area contributed by atoms with Gasteiger partial charge in [0.05, 0.1) is 5.39 Å². The van der Waals surface area contributed by atoms with Gasteiger partial charge >= 0.3 is 0 Å². The van der Waals surface area contributed by atoms with Crippen molar-refractivity contribution in [1.29, 1.82) is 0 Å². The highest BCUT2D eigenvalue weighted by atomic mass is 35.5. The van der Waals surface area contributed by atoms with Crippen LogP contribution in [0.25, 0.3) is 10.2 Å². The molecule has 1 N–H and O–H groups in total. The van der Waals surface area contributed by atoms with Gasteiger partial charge in [-0.05, 0) is 48.6 Å². The minimum Gasteiger partial charge on any atom is -0.340 e. The second-order valence-electron chi connectivity index (χ2n) is 6.82. The lowest BCUT2D eigenvalue weighted by molar-refractivity contribution is 0.916. The van der Waals surface area contributed by atoms with Crippen LogP contribution in [0.4, 0.5) is 11.5 Å². The van der Waals surface area contributed by atoms with Crippen molar-refractivity contribution in [3.05, 3.63) is 81.4 Å². The van der Waals surface area contributed by atoms with Crippen LogP contribution in [0.3, 0.4) is 0 Å². The summed E-state index contributed by atoms with van der Waals surface area (Å²) in [6.45, 7) is 0. The van der Waals surface area contributed by atoms with E-state index in [1.807, 2.05) is 41.7 Å². The quantitative estimate of drug-likeness (QED) is 0.452. The molecule has 0 unspecified atom stereocenters. The molecule has 134 valence electrons. The van der Waals surface area contributed by atoms with Crippen molar-refractivity contribution in [2.75, 3.05) is 5.32 Å². The molecule has 0 spiro atoms. The van der Waals surface area contributed by atoms with Crippen molar-refractivity contribution in [1.82, 2.24) is 9.97 Å². The third kappa shape index (κ3) is 3.31. The summed E-state index contributed by atoms with van der Waals surface area (Å²) in [6.07, 6.45) is 4.21. The van der Waals surface area contributed by atoms with E-state index in [1.165, 1.54) is 27.8 Å². The van der Waals surface area contributed by atoms with E-state index < -0.39 is 0 Å². The number of fused-ring (bicyclic) bond motifs is 3. The molecule has 27 heavy (non-hydrogen) atoms. The van der Waals surface area contributed by atoms with Crippen molar-refractivity contribution >= 4 is 44.7 Å². The number of hydrogen-bond acceptors (Lipinski definition) is 4. The predicted molar refractivity (Wildman–Crippen MR) is 113 cm³/mol. The van der Waals surface area contributed by atoms with Crippen LogP contribution < -0.4 is 5.32 Å². The van der Waals surface area contributed by atoms with Gasteiger partial charge in [-0.25, -0.2) is 9.97 Å². The van der Waals surface area contributed by atoms with E-state index in [4.69, 9.17) is 21.6 Å². The molecule has 2 aromatic carbocycles. The van der Waals surface area contributed by atoms with Gasteiger partial charge in [0.25, 0.3) is 0 Å². The molecule has 0 saturated carbocycles. The van der Waals surface area contributed by atoms with E-state index in [1.54, 1.807) is 0 Å². The molecule has 0 radical (unpaired) electrons. The molecule has 2 heterocycles. The maximum atomic E-state index is 6.17. The second kappa shape index (κ2) is 6.95. The van der Waals surface area contributed by atoms with Crippen LogP contribution in [0.15, 0.2) is 54.6 Å². The Hall–Kier alpha value is -2.43. The molecule has 0 atom stereocenters. The Kier molecular flexibility index (Phi) is 4.30. The Labute approximate surface area is 167 Å². The number of thiophene rings is 1. The van der Waals surface area contributed by atoms with E-state index in [0.717, 1.165) is 41.4 Å². The number of nitrogens with one attached hydrogen (secondary N) is 1. The molecular formula is C22H18ClN3S. The maximum Gasteiger partial charge on any atom is 0.143 e.